The van der Waals surface area contributed by atoms with Crippen LogP contribution < -0.4 is 21.9 Å². The summed E-state index contributed by atoms with van der Waals surface area (Å²) in [5, 5.41) is 1.90. The van der Waals surface area contributed by atoms with Crippen molar-refractivity contribution in [3.8, 4) is 11.3 Å². The smallest absolute Gasteiger partial charge is 0.330 e. The number of aromatic nitrogens is 4. The second-order valence-electron chi connectivity index (χ2n) is 9.44. The predicted molar refractivity (Wildman–Crippen MR) is 140 cm³/mol. The van der Waals surface area contributed by atoms with Crippen molar-refractivity contribution in [2.75, 3.05) is 17.2 Å². The molecule has 3 heterocycles. The summed E-state index contributed by atoms with van der Waals surface area (Å²) < 4.78 is 3.23. The molecular formula is C25H30N6O3S. The molecule has 184 valence electrons. The Morgan fingerprint density at radius 2 is 1.86 bits per heavy atom. The van der Waals surface area contributed by atoms with Gasteiger partial charge in [-0.15, -0.1) is 11.3 Å². The van der Waals surface area contributed by atoms with E-state index in [-0.39, 0.29) is 35.7 Å². The summed E-state index contributed by atoms with van der Waals surface area (Å²) in [7, 11) is 0. The number of aromatic amines is 1. The number of H-pyrrole nitrogens is 1. The third kappa shape index (κ3) is 5.07. The highest BCUT2D eigenvalue weighted by molar-refractivity contribution is 7.15. The van der Waals surface area contributed by atoms with Gasteiger partial charge in [0.2, 0.25) is 5.91 Å². The number of anilines is 2. The summed E-state index contributed by atoms with van der Waals surface area (Å²) >= 11 is 1.45. The van der Waals surface area contributed by atoms with Crippen LogP contribution >= 0.6 is 11.3 Å². The molecule has 3 N–H and O–H groups in total. The molecule has 4 rings (SSSR count). The van der Waals surface area contributed by atoms with Crippen LogP contribution in [0.5, 0.6) is 0 Å². The van der Waals surface area contributed by atoms with Gasteiger partial charge in [-0.3, -0.25) is 23.5 Å². The van der Waals surface area contributed by atoms with Gasteiger partial charge in [0.25, 0.3) is 5.56 Å². The molecule has 0 atom stereocenters. The van der Waals surface area contributed by atoms with Crippen LogP contribution in [0.1, 0.15) is 33.4 Å². The summed E-state index contributed by atoms with van der Waals surface area (Å²) in [6.45, 7) is 8.44. The van der Waals surface area contributed by atoms with Crippen LogP contribution in [0.4, 0.5) is 11.5 Å². The van der Waals surface area contributed by atoms with Gasteiger partial charge in [0, 0.05) is 35.9 Å². The van der Waals surface area contributed by atoms with Crippen molar-refractivity contribution < 1.29 is 4.79 Å². The molecule has 0 aliphatic rings. The molecule has 0 aliphatic carbocycles. The van der Waals surface area contributed by atoms with Crippen molar-refractivity contribution in [1.82, 2.24) is 18.9 Å². The Morgan fingerprint density at radius 1 is 1.14 bits per heavy atom. The van der Waals surface area contributed by atoms with Gasteiger partial charge in [0.15, 0.2) is 10.6 Å². The highest BCUT2D eigenvalue weighted by atomic mass is 32.1. The SMILES string of the molecule is CC(C)CN(C(=O)Cc1csc2nc(-c3ccccc3)cn12)c1c(N)n(CC(C)C)c(=O)[nH]c1=O. The Morgan fingerprint density at radius 3 is 2.51 bits per heavy atom. The van der Waals surface area contributed by atoms with Crippen molar-refractivity contribution in [2.24, 2.45) is 11.8 Å². The predicted octanol–water partition coefficient (Wildman–Crippen LogP) is 3.38. The Kier molecular flexibility index (Phi) is 6.93. The number of nitrogens with two attached hydrogens (primary N) is 1. The Balaban J connectivity index is 1.71. The van der Waals surface area contributed by atoms with E-state index in [4.69, 9.17) is 5.73 Å². The molecule has 3 aromatic heterocycles. The molecule has 0 spiro atoms. The first-order chi connectivity index (χ1) is 16.7. The van der Waals surface area contributed by atoms with Crippen molar-refractivity contribution in [2.45, 2.75) is 40.7 Å². The quantitative estimate of drug-likeness (QED) is 0.389. The molecule has 0 radical (unpaired) electrons. The fraction of sp³-hybridized carbons (Fsp3) is 0.360. The lowest BCUT2D eigenvalue weighted by Crippen LogP contribution is -2.43. The molecule has 0 aliphatic heterocycles. The first-order valence-electron chi connectivity index (χ1n) is 11.6. The summed E-state index contributed by atoms with van der Waals surface area (Å²) in [5.74, 6) is -0.0722. The van der Waals surface area contributed by atoms with E-state index < -0.39 is 11.2 Å². The van der Waals surface area contributed by atoms with E-state index in [9.17, 15) is 14.4 Å². The third-order valence-electron chi connectivity index (χ3n) is 5.57. The third-order valence-corrected chi connectivity index (χ3v) is 6.45. The number of benzene rings is 1. The maximum Gasteiger partial charge on any atom is 0.330 e. The molecule has 1 amide bonds. The molecule has 35 heavy (non-hydrogen) atoms. The van der Waals surface area contributed by atoms with E-state index in [2.05, 4.69) is 9.97 Å². The highest BCUT2D eigenvalue weighted by Gasteiger charge is 2.26. The number of nitrogens with one attached hydrogen (secondary N) is 1. The number of carbonyl (C=O) groups is 1. The lowest BCUT2D eigenvalue weighted by atomic mass is 10.1. The number of nitrogens with zero attached hydrogens (tertiary/aromatic N) is 4. The molecule has 0 saturated carbocycles. The van der Waals surface area contributed by atoms with Crippen LogP contribution in [-0.4, -0.2) is 31.4 Å². The normalized spacial score (nSPS) is 11.6. The van der Waals surface area contributed by atoms with Gasteiger partial charge in [-0.25, -0.2) is 9.78 Å². The molecule has 4 aromatic rings. The number of imidazole rings is 1. The number of rotatable bonds is 8. The standard InChI is InChI=1S/C25H30N6O3S/c1-15(2)11-30(21-22(26)31(12-16(3)4)24(34)28-23(21)33)20(32)10-18-14-35-25-27-19(13-29(18)25)17-8-6-5-7-9-17/h5-9,13-16H,10-12,26H2,1-4H3,(H,28,33,34). The van der Waals surface area contributed by atoms with E-state index in [1.54, 1.807) is 0 Å². The number of amides is 1. The summed E-state index contributed by atoms with van der Waals surface area (Å²) in [6, 6.07) is 9.84. The number of hydrogen-bond donors (Lipinski definition) is 2. The lowest BCUT2D eigenvalue weighted by molar-refractivity contribution is -0.118. The van der Waals surface area contributed by atoms with Gasteiger partial charge >= 0.3 is 5.69 Å². The number of hydrogen-bond acceptors (Lipinski definition) is 6. The van der Waals surface area contributed by atoms with E-state index in [0.29, 0.717) is 13.1 Å². The van der Waals surface area contributed by atoms with E-state index in [1.807, 2.05) is 74.0 Å². The number of nitrogen functional groups attached to an aromatic ring is 1. The van der Waals surface area contributed by atoms with Crippen molar-refractivity contribution >= 4 is 33.7 Å². The van der Waals surface area contributed by atoms with Crippen molar-refractivity contribution in [3.05, 3.63) is 68.4 Å². The Hall–Kier alpha value is -3.66. The minimum Gasteiger partial charge on any atom is -0.383 e. The van der Waals surface area contributed by atoms with Gasteiger partial charge in [0.1, 0.15) is 5.82 Å². The first kappa shape index (κ1) is 24.5. The van der Waals surface area contributed by atoms with Crippen LogP contribution in [0.3, 0.4) is 0 Å². The second kappa shape index (κ2) is 9.91. The zero-order valence-electron chi connectivity index (χ0n) is 20.3. The summed E-state index contributed by atoms with van der Waals surface area (Å²) in [6.07, 6.45) is 1.97. The molecule has 0 saturated heterocycles. The average Bonchev–Trinajstić information content (AvgIpc) is 3.38. The number of carbonyl (C=O) groups excluding carboxylic acids is 1. The van der Waals surface area contributed by atoms with Gasteiger partial charge in [0.05, 0.1) is 12.1 Å². The van der Waals surface area contributed by atoms with E-state index in [1.165, 1.54) is 20.8 Å². The molecule has 1 aromatic carbocycles. The van der Waals surface area contributed by atoms with Gasteiger partial charge in [-0.05, 0) is 11.8 Å². The molecule has 0 bridgehead atoms. The maximum absolute atomic E-state index is 13.6. The molecule has 0 fully saturated rings. The highest BCUT2D eigenvalue weighted by Crippen LogP contribution is 2.25. The minimum atomic E-state index is -0.661. The fourth-order valence-corrected chi connectivity index (χ4v) is 4.90. The molecule has 10 heteroatoms. The molecule has 0 unspecified atom stereocenters. The number of thiazole rings is 1. The maximum atomic E-state index is 13.6. The van der Waals surface area contributed by atoms with Crippen LogP contribution in [0, 0.1) is 11.8 Å². The van der Waals surface area contributed by atoms with Crippen LogP contribution in [0.25, 0.3) is 16.2 Å². The largest absolute Gasteiger partial charge is 0.383 e. The average molecular weight is 495 g/mol. The zero-order valence-corrected chi connectivity index (χ0v) is 21.1. The lowest BCUT2D eigenvalue weighted by Gasteiger charge is -2.26. The topological polar surface area (TPSA) is 118 Å². The summed E-state index contributed by atoms with van der Waals surface area (Å²) in [4.78, 5) is 48.0. The van der Waals surface area contributed by atoms with E-state index >= 15 is 0 Å². The molecule has 9 nitrogen and oxygen atoms in total. The van der Waals surface area contributed by atoms with Crippen molar-refractivity contribution in [3.63, 3.8) is 0 Å². The van der Waals surface area contributed by atoms with Gasteiger partial charge < -0.3 is 10.6 Å². The minimum absolute atomic E-state index is 0.00547. The fourth-order valence-electron chi connectivity index (χ4n) is 4.02. The van der Waals surface area contributed by atoms with Gasteiger partial charge in [-0.1, -0.05) is 58.0 Å². The van der Waals surface area contributed by atoms with Gasteiger partial charge in [-0.2, -0.15) is 0 Å². The van der Waals surface area contributed by atoms with Crippen LogP contribution in [0.2, 0.25) is 0 Å². The van der Waals surface area contributed by atoms with Crippen molar-refractivity contribution in [1.29, 1.82) is 0 Å². The number of fused-ring (bicyclic) bond motifs is 1. The zero-order chi connectivity index (χ0) is 25.3. The molecular weight excluding hydrogens is 464 g/mol. The Bertz CT molecular complexity index is 1460. The van der Waals surface area contributed by atoms with Crippen LogP contribution in [-0.2, 0) is 17.8 Å². The summed E-state index contributed by atoms with van der Waals surface area (Å²) in [5.41, 5.74) is 7.69. The Labute approximate surface area is 206 Å². The van der Waals surface area contributed by atoms with E-state index in [0.717, 1.165) is 21.9 Å². The monoisotopic (exact) mass is 494 g/mol. The first-order valence-corrected chi connectivity index (χ1v) is 12.5. The second-order valence-corrected chi connectivity index (χ2v) is 10.3. The van der Waals surface area contributed by atoms with Crippen LogP contribution in [0.15, 0.2) is 51.5 Å².